The first-order valence-electron chi connectivity index (χ1n) is 9.77. The lowest BCUT2D eigenvalue weighted by molar-refractivity contribution is -0.143. The van der Waals surface area contributed by atoms with E-state index in [1.807, 2.05) is 0 Å². The van der Waals surface area contributed by atoms with Crippen LogP contribution in [0.4, 0.5) is 0 Å². The van der Waals surface area contributed by atoms with Crippen LogP contribution in [0.2, 0.25) is 0 Å². The lowest BCUT2D eigenvalue weighted by Gasteiger charge is -2.23. The third kappa shape index (κ3) is 9.77. The number of aromatic amines is 1. The summed E-state index contributed by atoms with van der Waals surface area (Å²) in [6.07, 6.45) is 1.28. The van der Waals surface area contributed by atoms with Crippen molar-refractivity contribution < 1.29 is 39.0 Å². The molecular weight excluding hydrogens is 442 g/mol. The molecule has 1 rings (SSSR count). The van der Waals surface area contributed by atoms with Gasteiger partial charge in [-0.3, -0.25) is 24.0 Å². The minimum atomic E-state index is -1.41. The number of carboxylic acid groups (broad SMARTS) is 2. The summed E-state index contributed by atoms with van der Waals surface area (Å²) in [6.45, 7) is 1.27. The number of H-pyrrole nitrogens is 1. The van der Waals surface area contributed by atoms with Crippen LogP contribution in [0.3, 0.4) is 0 Å². The highest BCUT2D eigenvalue weighted by atomic mass is 16.4. The molecule has 1 aromatic rings. The Hall–Kier alpha value is -4.01. The van der Waals surface area contributed by atoms with Gasteiger partial charge in [-0.25, -0.2) is 9.78 Å². The summed E-state index contributed by atoms with van der Waals surface area (Å²) >= 11 is 0. The Morgan fingerprint density at radius 3 is 2.18 bits per heavy atom. The highest BCUT2D eigenvalue weighted by molar-refractivity contribution is 5.95. The average Bonchev–Trinajstić information content (AvgIpc) is 3.22. The molecule has 0 aliphatic heterocycles. The van der Waals surface area contributed by atoms with Gasteiger partial charge in [-0.2, -0.15) is 0 Å². The van der Waals surface area contributed by atoms with E-state index in [1.54, 1.807) is 0 Å². The normalized spacial score (nSPS) is 14.2. The Bertz CT molecular complexity index is 873. The molecule has 4 amide bonds. The molecule has 0 saturated heterocycles. The van der Waals surface area contributed by atoms with Crippen molar-refractivity contribution in [2.24, 2.45) is 11.5 Å². The minimum Gasteiger partial charge on any atom is -0.481 e. The Labute approximate surface area is 187 Å². The summed E-state index contributed by atoms with van der Waals surface area (Å²) in [5, 5.41) is 25.1. The second kappa shape index (κ2) is 12.7. The van der Waals surface area contributed by atoms with Crippen LogP contribution in [0.25, 0.3) is 0 Å². The van der Waals surface area contributed by atoms with Crippen LogP contribution < -0.4 is 27.4 Å². The number of aromatic nitrogens is 2. The standard InChI is InChI=1S/C18H27N7O8/c1-8(23-16(30)10(19)5-13(20)26)15(29)24-11(2-3-14(27)28)17(31)25-12(18(32)33)4-9-6-21-7-22-9/h6-8,10-12H,2-5,19H2,1H3,(H2,20,26)(H,21,22)(H,23,30)(H,24,29)(H,25,31)(H,27,28)(H,32,33). The number of rotatable bonds is 14. The van der Waals surface area contributed by atoms with Gasteiger partial charge < -0.3 is 42.6 Å². The second-order valence-corrected chi connectivity index (χ2v) is 7.18. The van der Waals surface area contributed by atoms with Gasteiger partial charge in [0.05, 0.1) is 18.8 Å². The number of carbonyl (C=O) groups excluding carboxylic acids is 4. The number of imidazole rings is 1. The number of hydrogen-bond donors (Lipinski definition) is 8. The molecule has 10 N–H and O–H groups in total. The molecule has 1 heterocycles. The molecule has 33 heavy (non-hydrogen) atoms. The number of carbonyl (C=O) groups is 6. The number of nitrogens with zero attached hydrogens (tertiary/aromatic N) is 1. The maximum atomic E-state index is 12.6. The van der Waals surface area contributed by atoms with Crippen LogP contribution in [-0.2, 0) is 35.2 Å². The molecule has 4 unspecified atom stereocenters. The van der Waals surface area contributed by atoms with Crippen molar-refractivity contribution in [2.75, 3.05) is 0 Å². The van der Waals surface area contributed by atoms with Gasteiger partial charge in [0.25, 0.3) is 0 Å². The van der Waals surface area contributed by atoms with Crippen molar-refractivity contribution in [3.05, 3.63) is 18.2 Å². The predicted molar refractivity (Wildman–Crippen MR) is 110 cm³/mol. The number of nitrogens with one attached hydrogen (secondary N) is 4. The molecule has 0 spiro atoms. The maximum Gasteiger partial charge on any atom is 0.326 e. The van der Waals surface area contributed by atoms with Gasteiger partial charge in [-0.1, -0.05) is 0 Å². The zero-order valence-corrected chi connectivity index (χ0v) is 17.7. The summed E-state index contributed by atoms with van der Waals surface area (Å²) in [5.74, 6) is -6.05. The molecule has 15 nitrogen and oxygen atoms in total. The highest BCUT2D eigenvalue weighted by Crippen LogP contribution is 2.04. The second-order valence-electron chi connectivity index (χ2n) is 7.18. The van der Waals surface area contributed by atoms with E-state index < -0.39 is 72.6 Å². The SMILES string of the molecule is CC(NC(=O)C(N)CC(N)=O)C(=O)NC(CCC(=O)O)C(=O)NC(Cc1cnc[nH]1)C(=O)O. The van der Waals surface area contributed by atoms with Gasteiger partial charge >= 0.3 is 11.9 Å². The van der Waals surface area contributed by atoms with Gasteiger partial charge in [0.2, 0.25) is 23.6 Å². The zero-order chi connectivity index (χ0) is 25.1. The van der Waals surface area contributed by atoms with Crippen LogP contribution in [-0.4, -0.2) is 79.9 Å². The van der Waals surface area contributed by atoms with Crippen molar-refractivity contribution in [3.63, 3.8) is 0 Å². The van der Waals surface area contributed by atoms with Crippen molar-refractivity contribution in [3.8, 4) is 0 Å². The lowest BCUT2D eigenvalue weighted by atomic mass is 10.1. The number of carboxylic acids is 2. The fourth-order valence-corrected chi connectivity index (χ4v) is 2.62. The maximum absolute atomic E-state index is 12.6. The molecule has 0 aromatic carbocycles. The molecular formula is C18H27N7O8. The summed E-state index contributed by atoms with van der Waals surface area (Å²) in [4.78, 5) is 76.8. The van der Waals surface area contributed by atoms with Crippen molar-refractivity contribution in [1.29, 1.82) is 0 Å². The number of nitrogens with two attached hydrogens (primary N) is 2. The quantitative estimate of drug-likeness (QED) is 0.134. The van der Waals surface area contributed by atoms with E-state index in [0.717, 1.165) is 0 Å². The average molecular weight is 469 g/mol. The molecule has 0 aliphatic rings. The largest absolute Gasteiger partial charge is 0.481 e. The highest BCUT2D eigenvalue weighted by Gasteiger charge is 2.29. The predicted octanol–water partition coefficient (Wildman–Crippen LogP) is -3.42. The van der Waals surface area contributed by atoms with Gasteiger partial charge in [0, 0.05) is 24.7 Å². The van der Waals surface area contributed by atoms with E-state index in [9.17, 15) is 33.9 Å². The third-order valence-electron chi connectivity index (χ3n) is 4.38. The van der Waals surface area contributed by atoms with Crippen LogP contribution in [0.5, 0.6) is 0 Å². The van der Waals surface area contributed by atoms with Crippen LogP contribution in [0, 0.1) is 0 Å². The molecule has 182 valence electrons. The fourth-order valence-electron chi connectivity index (χ4n) is 2.62. The Morgan fingerprint density at radius 1 is 1.03 bits per heavy atom. The van der Waals surface area contributed by atoms with E-state index in [4.69, 9.17) is 16.6 Å². The van der Waals surface area contributed by atoms with Crippen LogP contribution in [0.1, 0.15) is 31.9 Å². The van der Waals surface area contributed by atoms with Crippen molar-refractivity contribution in [2.45, 2.75) is 56.8 Å². The molecule has 0 bridgehead atoms. The monoisotopic (exact) mass is 469 g/mol. The summed E-state index contributed by atoms with van der Waals surface area (Å²) in [6, 6.07) is -5.29. The number of amides is 4. The number of hydrogen-bond acceptors (Lipinski definition) is 8. The van der Waals surface area contributed by atoms with E-state index >= 15 is 0 Å². The van der Waals surface area contributed by atoms with E-state index in [2.05, 4.69) is 25.9 Å². The van der Waals surface area contributed by atoms with Gasteiger partial charge in [0.1, 0.15) is 18.1 Å². The topological polar surface area (TPSA) is 260 Å². The summed E-state index contributed by atoms with van der Waals surface area (Å²) in [5.41, 5.74) is 10.9. The smallest absolute Gasteiger partial charge is 0.326 e. The molecule has 0 radical (unpaired) electrons. The summed E-state index contributed by atoms with van der Waals surface area (Å²) < 4.78 is 0. The minimum absolute atomic E-state index is 0.134. The molecule has 15 heteroatoms. The van der Waals surface area contributed by atoms with E-state index in [1.165, 1.54) is 19.4 Å². The first-order chi connectivity index (χ1) is 15.4. The Kier molecular flexibility index (Phi) is 10.4. The van der Waals surface area contributed by atoms with Crippen molar-refractivity contribution >= 4 is 35.6 Å². The Morgan fingerprint density at radius 2 is 1.67 bits per heavy atom. The molecule has 0 saturated carbocycles. The first kappa shape index (κ1) is 27.0. The molecule has 4 atom stereocenters. The number of primary amides is 1. The molecule has 0 fully saturated rings. The first-order valence-corrected chi connectivity index (χ1v) is 9.77. The van der Waals surface area contributed by atoms with E-state index in [0.29, 0.717) is 5.69 Å². The Balaban J connectivity index is 2.83. The third-order valence-corrected chi connectivity index (χ3v) is 4.38. The summed E-state index contributed by atoms with van der Waals surface area (Å²) in [7, 11) is 0. The van der Waals surface area contributed by atoms with Gasteiger partial charge in [-0.15, -0.1) is 0 Å². The van der Waals surface area contributed by atoms with Crippen LogP contribution in [0.15, 0.2) is 12.5 Å². The molecule has 0 aliphatic carbocycles. The van der Waals surface area contributed by atoms with Crippen molar-refractivity contribution in [1.82, 2.24) is 25.9 Å². The van der Waals surface area contributed by atoms with Gasteiger partial charge in [0.15, 0.2) is 0 Å². The van der Waals surface area contributed by atoms with E-state index in [-0.39, 0.29) is 12.8 Å². The van der Waals surface area contributed by atoms with Crippen LogP contribution >= 0.6 is 0 Å². The lowest BCUT2D eigenvalue weighted by Crippen LogP contribution is -2.56. The van der Waals surface area contributed by atoms with Gasteiger partial charge in [-0.05, 0) is 13.3 Å². The number of aliphatic carboxylic acids is 2. The fraction of sp³-hybridized carbons (Fsp3) is 0.500. The zero-order valence-electron chi connectivity index (χ0n) is 17.7. The molecule has 1 aromatic heterocycles.